The minimum Gasteiger partial charge on any atom is -0.497 e. The molecule has 3 aromatic rings. The molecule has 144 valence electrons. The van der Waals surface area contributed by atoms with Crippen LogP contribution in [-0.2, 0) is 4.79 Å². The Balaban J connectivity index is 1.90. The lowest BCUT2D eigenvalue weighted by Gasteiger charge is -2.15. The van der Waals surface area contributed by atoms with Crippen molar-refractivity contribution < 1.29 is 18.8 Å². The molecule has 0 radical (unpaired) electrons. The summed E-state index contributed by atoms with van der Waals surface area (Å²) in [5.74, 6) is -0.219. The number of aromatic nitrogens is 1. The molecule has 3 rings (SSSR count). The fourth-order valence-corrected chi connectivity index (χ4v) is 2.53. The van der Waals surface area contributed by atoms with Crippen LogP contribution in [0.15, 0.2) is 59.3 Å². The largest absolute Gasteiger partial charge is 0.497 e. The highest BCUT2D eigenvalue weighted by atomic mass is 16.5. The first-order chi connectivity index (χ1) is 13.5. The minimum atomic E-state index is -0.409. The standard InChI is InChI=1S/C21H21N3O4/c1-13(2)20(25)22-17-10-9-15(27-3)11-18(17)23-21(26)16-12-28-24-19(16)14-7-5-4-6-8-14/h4-13H,1-3H3,(H,22,25)(H,23,26). The molecule has 7 heteroatoms. The van der Waals surface area contributed by atoms with Crippen LogP contribution in [0.3, 0.4) is 0 Å². The van der Waals surface area contributed by atoms with Gasteiger partial charge < -0.3 is 19.9 Å². The highest BCUT2D eigenvalue weighted by Gasteiger charge is 2.19. The van der Waals surface area contributed by atoms with E-state index < -0.39 is 5.91 Å². The van der Waals surface area contributed by atoms with E-state index in [-0.39, 0.29) is 17.4 Å². The molecular weight excluding hydrogens is 358 g/mol. The van der Waals surface area contributed by atoms with Crippen molar-refractivity contribution in [2.75, 3.05) is 17.7 Å². The number of anilines is 2. The summed E-state index contributed by atoms with van der Waals surface area (Å²) in [5.41, 5.74) is 2.38. The summed E-state index contributed by atoms with van der Waals surface area (Å²) in [7, 11) is 1.53. The third kappa shape index (κ3) is 4.20. The summed E-state index contributed by atoms with van der Waals surface area (Å²) in [6.45, 7) is 3.58. The second-order valence-electron chi connectivity index (χ2n) is 6.45. The van der Waals surface area contributed by atoms with E-state index in [1.807, 2.05) is 30.3 Å². The van der Waals surface area contributed by atoms with Gasteiger partial charge in [-0.3, -0.25) is 9.59 Å². The zero-order valence-corrected chi connectivity index (χ0v) is 15.9. The Bertz CT molecular complexity index is 980. The van der Waals surface area contributed by atoms with Gasteiger partial charge in [0.1, 0.15) is 23.3 Å². The molecule has 7 nitrogen and oxygen atoms in total. The van der Waals surface area contributed by atoms with Crippen molar-refractivity contribution in [2.24, 2.45) is 5.92 Å². The monoisotopic (exact) mass is 379 g/mol. The van der Waals surface area contributed by atoms with Crippen LogP contribution in [0, 0.1) is 5.92 Å². The third-order valence-electron chi connectivity index (χ3n) is 4.12. The van der Waals surface area contributed by atoms with Crippen LogP contribution in [0.4, 0.5) is 11.4 Å². The van der Waals surface area contributed by atoms with Gasteiger partial charge in [0.15, 0.2) is 0 Å². The maximum absolute atomic E-state index is 12.9. The number of hydrogen-bond acceptors (Lipinski definition) is 5. The predicted molar refractivity (Wildman–Crippen MR) is 106 cm³/mol. The average Bonchev–Trinajstić information content (AvgIpc) is 3.19. The van der Waals surface area contributed by atoms with E-state index in [1.54, 1.807) is 32.0 Å². The molecule has 0 aliphatic rings. The Hall–Kier alpha value is -3.61. The summed E-state index contributed by atoms with van der Waals surface area (Å²) >= 11 is 0. The van der Waals surface area contributed by atoms with Crippen LogP contribution >= 0.6 is 0 Å². The molecule has 0 atom stereocenters. The number of carbonyl (C=O) groups excluding carboxylic acids is 2. The van der Waals surface area contributed by atoms with Gasteiger partial charge in [-0.15, -0.1) is 0 Å². The molecule has 0 aliphatic carbocycles. The third-order valence-corrected chi connectivity index (χ3v) is 4.12. The maximum Gasteiger partial charge on any atom is 0.261 e. The lowest BCUT2D eigenvalue weighted by molar-refractivity contribution is -0.118. The first kappa shape index (κ1) is 19.2. The predicted octanol–water partition coefficient (Wildman–Crippen LogP) is 4.20. The second kappa shape index (κ2) is 8.39. The molecule has 2 aromatic carbocycles. The Morgan fingerprint density at radius 1 is 1.04 bits per heavy atom. The van der Waals surface area contributed by atoms with E-state index >= 15 is 0 Å². The van der Waals surface area contributed by atoms with Crippen LogP contribution in [-0.4, -0.2) is 24.1 Å². The Labute approximate surface area is 162 Å². The number of nitrogens with one attached hydrogen (secondary N) is 2. The number of amides is 2. The number of hydrogen-bond donors (Lipinski definition) is 2. The number of nitrogens with zero attached hydrogens (tertiary/aromatic N) is 1. The van der Waals surface area contributed by atoms with Gasteiger partial charge in [0.25, 0.3) is 5.91 Å². The zero-order chi connectivity index (χ0) is 20.1. The Morgan fingerprint density at radius 3 is 2.46 bits per heavy atom. The fraction of sp³-hybridized carbons (Fsp3) is 0.190. The summed E-state index contributed by atoms with van der Waals surface area (Å²) in [6, 6.07) is 14.3. The normalized spacial score (nSPS) is 10.6. The molecule has 0 saturated heterocycles. The van der Waals surface area contributed by atoms with Crippen molar-refractivity contribution in [1.29, 1.82) is 0 Å². The molecule has 1 aromatic heterocycles. The van der Waals surface area contributed by atoms with Gasteiger partial charge in [-0.05, 0) is 12.1 Å². The average molecular weight is 379 g/mol. The summed E-state index contributed by atoms with van der Waals surface area (Å²) < 4.78 is 10.3. The van der Waals surface area contributed by atoms with Crippen molar-refractivity contribution >= 4 is 23.2 Å². The van der Waals surface area contributed by atoms with Gasteiger partial charge in [-0.25, -0.2) is 0 Å². The molecule has 0 bridgehead atoms. The number of ether oxygens (including phenoxy) is 1. The Kier molecular flexibility index (Phi) is 5.74. The number of rotatable bonds is 6. The molecule has 0 fully saturated rings. The maximum atomic E-state index is 12.9. The van der Waals surface area contributed by atoms with Crippen LogP contribution < -0.4 is 15.4 Å². The van der Waals surface area contributed by atoms with Crippen LogP contribution in [0.2, 0.25) is 0 Å². The first-order valence-electron chi connectivity index (χ1n) is 8.79. The summed E-state index contributed by atoms with van der Waals surface area (Å²) in [5, 5.41) is 9.57. The van der Waals surface area contributed by atoms with Crippen molar-refractivity contribution in [3.63, 3.8) is 0 Å². The van der Waals surface area contributed by atoms with E-state index in [0.29, 0.717) is 22.8 Å². The molecule has 0 unspecified atom stereocenters. The lowest BCUT2D eigenvalue weighted by Crippen LogP contribution is -2.20. The van der Waals surface area contributed by atoms with Crippen molar-refractivity contribution in [3.8, 4) is 17.0 Å². The SMILES string of the molecule is COc1ccc(NC(=O)C(C)C)c(NC(=O)c2conc2-c2ccccc2)c1. The molecule has 0 spiro atoms. The number of methoxy groups -OCH3 is 1. The lowest BCUT2D eigenvalue weighted by atomic mass is 10.1. The van der Waals surface area contributed by atoms with E-state index in [9.17, 15) is 9.59 Å². The molecule has 0 aliphatic heterocycles. The van der Waals surface area contributed by atoms with Crippen LogP contribution in [0.25, 0.3) is 11.3 Å². The van der Waals surface area contributed by atoms with Gasteiger partial charge in [-0.1, -0.05) is 49.3 Å². The minimum absolute atomic E-state index is 0.157. The van der Waals surface area contributed by atoms with Crippen molar-refractivity contribution in [2.45, 2.75) is 13.8 Å². The molecular formula is C21H21N3O4. The Morgan fingerprint density at radius 2 is 1.79 bits per heavy atom. The van der Waals surface area contributed by atoms with Crippen LogP contribution in [0.5, 0.6) is 5.75 Å². The summed E-state index contributed by atoms with van der Waals surface area (Å²) in [6.07, 6.45) is 1.30. The van der Waals surface area contributed by atoms with Crippen molar-refractivity contribution in [1.82, 2.24) is 5.16 Å². The highest BCUT2D eigenvalue weighted by Crippen LogP contribution is 2.29. The van der Waals surface area contributed by atoms with Gasteiger partial charge in [0.05, 0.1) is 18.5 Å². The topological polar surface area (TPSA) is 93.5 Å². The first-order valence-corrected chi connectivity index (χ1v) is 8.79. The number of benzene rings is 2. The quantitative estimate of drug-likeness (QED) is 0.670. The molecule has 2 amide bonds. The summed E-state index contributed by atoms with van der Waals surface area (Å²) in [4.78, 5) is 25.0. The zero-order valence-electron chi connectivity index (χ0n) is 15.9. The van der Waals surface area contributed by atoms with E-state index in [0.717, 1.165) is 5.56 Å². The molecule has 0 saturated carbocycles. The smallest absolute Gasteiger partial charge is 0.261 e. The van der Waals surface area contributed by atoms with E-state index in [4.69, 9.17) is 9.26 Å². The second-order valence-corrected chi connectivity index (χ2v) is 6.45. The van der Waals surface area contributed by atoms with Gasteiger partial charge >= 0.3 is 0 Å². The van der Waals surface area contributed by atoms with Gasteiger partial charge in [0, 0.05) is 17.5 Å². The van der Waals surface area contributed by atoms with Gasteiger partial charge in [-0.2, -0.15) is 0 Å². The number of carbonyl (C=O) groups is 2. The van der Waals surface area contributed by atoms with E-state index in [1.165, 1.54) is 13.4 Å². The fourth-order valence-electron chi connectivity index (χ4n) is 2.53. The van der Waals surface area contributed by atoms with Gasteiger partial charge in [0.2, 0.25) is 5.91 Å². The van der Waals surface area contributed by atoms with Crippen molar-refractivity contribution in [3.05, 3.63) is 60.4 Å². The van der Waals surface area contributed by atoms with E-state index in [2.05, 4.69) is 15.8 Å². The molecule has 1 heterocycles. The highest BCUT2D eigenvalue weighted by molar-refractivity contribution is 6.10. The van der Waals surface area contributed by atoms with Crippen LogP contribution in [0.1, 0.15) is 24.2 Å². The molecule has 2 N–H and O–H groups in total. The molecule has 28 heavy (non-hydrogen) atoms.